The molecule has 1 heterocycles. The van der Waals surface area contributed by atoms with E-state index in [9.17, 15) is 9.59 Å². The minimum Gasteiger partial charge on any atom is -0.352 e. The van der Waals surface area contributed by atoms with Gasteiger partial charge in [-0.1, -0.05) is 19.1 Å². The molecular formula is C17H19N3O2S. The first-order chi connectivity index (χ1) is 11.1. The van der Waals surface area contributed by atoms with Crippen molar-refractivity contribution in [1.82, 2.24) is 10.3 Å². The fourth-order valence-electron chi connectivity index (χ4n) is 1.88. The number of pyridine rings is 1. The molecule has 2 amide bonds. The monoisotopic (exact) mass is 329 g/mol. The van der Waals surface area contributed by atoms with Gasteiger partial charge in [0.2, 0.25) is 5.91 Å². The van der Waals surface area contributed by atoms with Crippen LogP contribution >= 0.6 is 11.8 Å². The molecule has 6 heteroatoms. The van der Waals surface area contributed by atoms with Crippen LogP contribution in [0.1, 0.15) is 29.8 Å². The van der Waals surface area contributed by atoms with Crippen molar-refractivity contribution in [3.05, 3.63) is 53.7 Å². The minimum atomic E-state index is -0.194. The van der Waals surface area contributed by atoms with Gasteiger partial charge >= 0.3 is 0 Å². The van der Waals surface area contributed by atoms with Crippen LogP contribution in [0.3, 0.4) is 0 Å². The molecule has 0 unspecified atom stereocenters. The van der Waals surface area contributed by atoms with Crippen LogP contribution in [0.5, 0.6) is 0 Å². The number of carbonyl (C=O) groups is 2. The highest BCUT2D eigenvalue weighted by molar-refractivity contribution is 7.99. The van der Waals surface area contributed by atoms with Crippen LogP contribution in [0.4, 0.5) is 5.69 Å². The fourth-order valence-corrected chi connectivity index (χ4v) is 2.47. The summed E-state index contributed by atoms with van der Waals surface area (Å²) < 4.78 is 0. The maximum atomic E-state index is 12.2. The van der Waals surface area contributed by atoms with Gasteiger partial charge in [0.05, 0.1) is 10.6 Å². The SMILES string of the molecule is CCSc1ccc(C(=O)Nc2ccc(CNC(C)=O)cc2)cn1. The molecule has 0 aliphatic heterocycles. The van der Waals surface area contributed by atoms with Crippen molar-refractivity contribution in [2.45, 2.75) is 25.4 Å². The normalized spacial score (nSPS) is 10.2. The van der Waals surface area contributed by atoms with E-state index >= 15 is 0 Å². The topological polar surface area (TPSA) is 71.1 Å². The lowest BCUT2D eigenvalue weighted by Gasteiger charge is -2.07. The quantitative estimate of drug-likeness (QED) is 0.799. The minimum absolute atomic E-state index is 0.0698. The first kappa shape index (κ1) is 17.0. The van der Waals surface area contributed by atoms with Crippen molar-refractivity contribution in [2.24, 2.45) is 0 Å². The molecule has 2 aromatic rings. The zero-order chi connectivity index (χ0) is 16.7. The third-order valence-electron chi connectivity index (χ3n) is 3.04. The number of nitrogens with zero attached hydrogens (tertiary/aromatic N) is 1. The predicted molar refractivity (Wildman–Crippen MR) is 92.6 cm³/mol. The highest BCUT2D eigenvalue weighted by Gasteiger charge is 2.07. The molecule has 2 N–H and O–H groups in total. The van der Waals surface area contributed by atoms with Gasteiger partial charge in [0.1, 0.15) is 0 Å². The van der Waals surface area contributed by atoms with Crippen molar-refractivity contribution in [3.8, 4) is 0 Å². The summed E-state index contributed by atoms with van der Waals surface area (Å²) in [4.78, 5) is 27.3. The van der Waals surface area contributed by atoms with Gasteiger partial charge in [0.15, 0.2) is 0 Å². The van der Waals surface area contributed by atoms with Crippen molar-refractivity contribution in [1.29, 1.82) is 0 Å². The van der Waals surface area contributed by atoms with Crippen LogP contribution in [0.2, 0.25) is 0 Å². The first-order valence-corrected chi connectivity index (χ1v) is 8.30. The van der Waals surface area contributed by atoms with Crippen LogP contribution in [-0.2, 0) is 11.3 Å². The molecule has 0 aliphatic carbocycles. The number of amides is 2. The number of nitrogens with one attached hydrogen (secondary N) is 2. The maximum Gasteiger partial charge on any atom is 0.257 e. The number of hydrogen-bond donors (Lipinski definition) is 2. The van der Waals surface area contributed by atoms with Gasteiger partial charge in [-0.2, -0.15) is 0 Å². The Balaban J connectivity index is 1.95. The Bertz CT molecular complexity index is 669. The molecule has 23 heavy (non-hydrogen) atoms. The number of aromatic nitrogens is 1. The van der Waals surface area contributed by atoms with Crippen molar-refractivity contribution in [3.63, 3.8) is 0 Å². The van der Waals surface area contributed by atoms with Crippen molar-refractivity contribution < 1.29 is 9.59 Å². The molecule has 0 spiro atoms. The molecule has 2 rings (SSSR count). The van der Waals surface area contributed by atoms with Gasteiger partial charge in [-0.05, 0) is 35.6 Å². The van der Waals surface area contributed by atoms with E-state index in [1.165, 1.54) is 6.92 Å². The van der Waals surface area contributed by atoms with E-state index in [0.717, 1.165) is 16.3 Å². The summed E-state index contributed by atoms with van der Waals surface area (Å²) in [6.45, 7) is 4.01. The Morgan fingerprint density at radius 3 is 2.43 bits per heavy atom. The number of hydrogen-bond acceptors (Lipinski definition) is 4. The average molecular weight is 329 g/mol. The summed E-state index contributed by atoms with van der Waals surface area (Å²) in [7, 11) is 0. The third kappa shape index (κ3) is 5.41. The first-order valence-electron chi connectivity index (χ1n) is 7.32. The second-order valence-corrected chi connectivity index (χ2v) is 6.16. The van der Waals surface area contributed by atoms with Crippen molar-refractivity contribution in [2.75, 3.05) is 11.1 Å². The number of rotatable bonds is 6. The van der Waals surface area contributed by atoms with Gasteiger partial charge in [-0.3, -0.25) is 9.59 Å². The van der Waals surface area contributed by atoms with E-state index in [1.807, 2.05) is 30.3 Å². The van der Waals surface area contributed by atoms with E-state index in [0.29, 0.717) is 17.8 Å². The molecule has 0 bridgehead atoms. The lowest BCUT2D eigenvalue weighted by atomic mass is 10.2. The van der Waals surface area contributed by atoms with E-state index in [4.69, 9.17) is 0 Å². The van der Waals surface area contributed by atoms with Crippen LogP contribution in [-0.4, -0.2) is 22.6 Å². The zero-order valence-electron chi connectivity index (χ0n) is 13.1. The standard InChI is InChI=1S/C17H19N3O2S/c1-3-23-16-9-6-14(11-19-16)17(22)20-15-7-4-13(5-8-15)10-18-12(2)21/h4-9,11H,3,10H2,1-2H3,(H,18,21)(H,20,22). The summed E-state index contributed by atoms with van der Waals surface area (Å²) in [5.41, 5.74) is 2.20. The molecule has 0 atom stereocenters. The van der Waals surface area contributed by atoms with Crippen LogP contribution in [0.15, 0.2) is 47.6 Å². The highest BCUT2D eigenvalue weighted by Crippen LogP contribution is 2.15. The average Bonchev–Trinajstić information content (AvgIpc) is 2.55. The van der Waals surface area contributed by atoms with Crippen LogP contribution in [0.25, 0.3) is 0 Å². The molecule has 0 saturated heterocycles. The van der Waals surface area contributed by atoms with E-state index in [-0.39, 0.29) is 11.8 Å². The second-order valence-electron chi connectivity index (χ2n) is 4.88. The molecule has 0 fully saturated rings. The Kier molecular flexibility index (Phi) is 6.17. The van der Waals surface area contributed by atoms with E-state index in [1.54, 1.807) is 24.0 Å². The number of thioether (sulfide) groups is 1. The molecule has 1 aromatic carbocycles. The summed E-state index contributed by atoms with van der Waals surface area (Å²) in [6, 6.07) is 11.0. The molecule has 0 saturated carbocycles. The lowest BCUT2D eigenvalue weighted by Crippen LogP contribution is -2.18. The van der Waals surface area contributed by atoms with Gasteiger partial charge in [-0.15, -0.1) is 11.8 Å². The fraction of sp³-hybridized carbons (Fsp3) is 0.235. The van der Waals surface area contributed by atoms with E-state index in [2.05, 4.69) is 22.5 Å². The summed E-state index contributed by atoms with van der Waals surface area (Å²) in [5.74, 6) is 0.684. The molecule has 5 nitrogen and oxygen atoms in total. The second kappa shape index (κ2) is 8.33. The Hall–Kier alpha value is -2.34. The van der Waals surface area contributed by atoms with Gasteiger partial charge < -0.3 is 10.6 Å². The largest absolute Gasteiger partial charge is 0.352 e. The van der Waals surface area contributed by atoms with Gasteiger partial charge in [0, 0.05) is 25.4 Å². The van der Waals surface area contributed by atoms with E-state index < -0.39 is 0 Å². The molecular weight excluding hydrogens is 310 g/mol. The van der Waals surface area contributed by atoms with Crippen molar-refractivity contribution >= 4 is 29.3 Å². The molecule has 1 aromatic heterocycles. The smallest absolute Gasteiger partial charge is 0.257 e. The Labute approximate surface area is 139 Å². The number of anilines is 1. The summed E-state index contributed by atoms with van der Waals surface area (Å²) in [5, 5.41) is 6.46. The summed E-state index contributed by atoms with van der Waals surface area (Å²) >= 11 is 1.64. The molecule has 120 valence electrons. The highest BCUT2D eigenvalue weighted by atomic mass is 32.2. The molecule has 0 radical (unpaired) electrons. The van der Waals surface area contributed by atoms with Gasteiger partial charge in [0.25, 0.3) is 5.91 Å². The predicted octanol–water partition coefficient (Wildman–Crippen LogP) is 3.08. The Morgan fingerprint density at radius 1 is 1.13 bits per heavy atom. The van der Waals surface area contributed by atoms with Crippen LogP contribution in [0, 0.1) is 0 Å². The number of benzene rings is 1. The van der Waals surface area contributed by atoms with Crippen LogP contribution < -0.4 is 10.6 Å². The third-order valence-corrected chi connectivity index (χ3v) is 3.87. The van der Waals surface area contributed by atoms with Gasteiger partial charge in [-0.25, -0.2) is 4.98 Å². The summed E-state index contributed by atoms with van der Waals surface area (Å²) in [6.07, 6.45) is 1.58. The lowest BCUT2D eigenvalue weighted by molar-refractivity contribution is -0.119. The maximum absolute atomic E-state index is 12.2. The zero-order valence-corrected chi connectivity index (χ0v) is 13.9. The molecule has 0 aliphatic rings. The number of carbonyl (C=O) groups excluding carboxylic acids is 2. The Morgan fingerprint density at radius 2 is 1.87 bits per heavy atom.